The summed E-state index contributed by atoms with van der Waals surface area (Å²) in [7, 11) is 0. The first-order valence-electron chi connectivity index (χ1n) is 8.32. The summed E-state index contributed by atoms with van der Waals surface area (Å²) in [5.41, 5.74) is 2.13. The molecule has 1 fully saturated rings. The van der Waals surface area contributed by atoms with Crippen molar-refractivity contribution in [3.8, 4) is 0 Å². The highest BCUT2D eigenvalue weighted by molar-refractivity contribution is 5.77. The molecule has 1 atom stereocenters. The topological polar surface area (TPSA) is 101 Å². The summed E-state index contributed by atoms with van der Waals surface area (Å²) in [6.07, 6.45) is 0.924. The lowest BCUT2D eigenvalue weighted by Gasteiger charge is -2.35. The number of morpholine rings is 1. The molecule has 25 heavy (non-hydrogen) atoms. The molecular weight excluding hydrogens is 324 g/mol. The molecular formula is C17H22N4O4. The van der Waals surface area contributed by atoms with Gasteiger partial charge in [-0.15, -0.1) is 0 Å². The number of carbonyl (C=O) groups excluding carboxylic acids is 1. The highest BCUT2D eigenvalue weighted by atomic mass is 16.5. The molecule has 1 aliphatic rings. The molecule has 0 spiro atoms. The molecule has 1 N–H and O–H groups in total. The minimum atomic E-state index is -0.341. The van der Waals surface area contributed by atoms with E-state index in [1.807, 2.05) is 13.8 Å². The van der Waals surface area contributed by atoms with Gasteiger partial charge >= 0.3 is 0 Å². The van der Waals surface area contributed by atoms with Gasteiger partial charge in [0, 0.05) is 24.6 Å². The number of aromatic nitrogens is 3. The number of rotatable bonds is 4. The van der Waals surface area contributed by atoms with Gasteiger partial charge in [-0.05, 0) is 27.2 Å². The van der Waals surface area contributed by atoms with Crippen LogP contribution in [0.1, 0.15) is 41.0 Å². The molecule has 3 heterocycles. The second-order valence-corrected chi connectivity index (χ2v) is 6.24. The lowest BCUT2D eigenvalue weighted by molar-refractivity contribution is -0.140. The predicted octanol–water partition coefficient (Wildman–Crippen LogP) is 1.22. The third-order valence-corrected chi connectivity index (χ3v) is 4.44. The van der Waals surface area contributed by atoms with Crippen LogP contribution in [0.5, 0.6) is 0 Å². The fourth-order valence-electron chi connectivity index (χ4n) is 3.15. The fourth-order valence-corrected chi connectivity index (χ4v) is 3.15. The molecule has 3 rings (SSSR count). The van der Waals surface area contributed by atoms with Gasteiger partial charge in [-0.2, -0.15) is 0 Å². The monoisotopic (exact) mass is 346 g/mol. The highest BCUT2D eigenvalue weighted by Crippen LogP contribution is 2.24. The minimum Gasteiger partial charge on any atom is -0.377 e. The van der Waals surface area contributed by atoms with Crippen LogP contribution < -0.4 is 5.56 Å². The number of aromatic amines is 1. The maximum atomic E-state index is 12.8. The van der Waals surface area contributed by atoms with Crippen molar-refractivity contribution in [2.75, 3.05) is 19.8 Å². The summed E-state index contributed by atoms with van der Waals surface area (Å²) < 4.78 is 10.7. The lowest BCUT2D eigenvalue weighted by atomic mass is 10.1. The third-order valence-electron chi connectivity index (χ3n) is 4.44. The number of carbonyl (C=O) groups is 1. The summed E-state index contributed by atoms with van der Waals surface area (Å²) >= 11 is 0. The molecule has 0 aliphatic carbocycles. The number of aryl methyl sites for hydroxylation is 3. The maximum Gasteiger partial charge on any atom is 0.251 e. The van der Waals surface area contributed by atoms with Crippen molar-refractivity contribution in [1.82, 2.24) is 20.0 Å². The zero-order chi connectivity index (χ0) is 18.0. The Morgan fingerprint density at radius 3 is 2.88 bits per heavy atom. The fraction of sp³-hybridized carbons (Fsp3) is 0.529. The Kier molecular flexibility index (Phi) is 4.98. The molecule has 8 heteroatoms. The Morgan fingerprint density at radius 2 is 2.20 bits per heavy atom. The predicted molar refractivity (Wildman–Crippen MR) is 89.2 cm³/mol. The molecule has 1 amide bonds. The Bertz CT molecular complexity index is 807. The van der Waals surface area contributed by atoms with Crippen LogP contribution in [0, 0.1) is 20.8 Å². The van der Waals surface area contributed by atoms with E-state index in [0.29, 0.717) is 44.1 Å². The molecule has 0 aromatic carbocycles. The van der Waals surface area contributed by atoms with Crippen molar-refractivity contribution in [2.45, 2.75) is 39.7 Å². The average Bonchev–Trinajstić information content (AvgIpc) is 2.90. The molecule has 134 valence electrons. The van der Waals surface area contributed by atoms with Gasteiger partial charge in [0.1, 0.15) is 11.6 Å². The minimum absolute atomic E-state index is 0.00744. The van der Waals surface area contributed by atoms with Gasteiger partial charge in [0.05, 0.1) is 30.6 Å². The first kappa shape index (κ1) is 17.3. The summed E-state index contributed by atoms with van der Waals surface area (Å²) in [6, 6.07) is 1.09. The van der Waals surface area contributed by atoms with E-state index in [9.17, 15) is 9.59 Å². The van der Waals surface area contributed by atoms with Crippen molar-refractivity contribution < 1.29 is 14.1 Å². The standard InChI is InChI=1S/C17H22N4O4/c1-10-13(11(2)25-20-10)4-5-17(23)21-6-7-24-9-15(21)14-8-16(22)19-12(3)18-14/h8,15H,4-7,9H2,1-3H3,(H,18,19,22)/t15-/m1/s1. The van der Waals surface area contributed by atoms with Crippen molar-refractivity contribution in [3.63, 3.8) is 0 Å². The van der Waals surface area contributed by atoms with Gasteiger partial charge in [0.2, 0.25) is 5.91 Å². The Balaban J connectivity index is 1.76. The second-order valence-electron chi connectivity index (χ2n) is 6.24. The number of amides is 1. The number of nitrogens with one attached hydrogen (secondary N) is 1. The van der Waals surface area contributed by atoms with Crippen LogP contribution in [-0.2, 0) is 16.0 Å². The number of hydrogen-bond donors (Lipinski definition) is 1. The molecule has 2 aromatic heterocycles. The molecule has 1 aliphatic heterocycles. The van der Waals surface area contributed by atoms with Gasteiger partial charge in [-0.3, -0.25) is 9.59 Å². The van der Waals surface area contributed by atoms with Crippen LogP contribution in [0.15, 0.2) is 15.4 Å². The number of H-pyrrole nitrogens is 1. The molecule has 1 saturated heterocycles. The number of nitrogens with zero attached hydrogens (tertiary/aromatic N) is 3. The Hall–Kier alpha value is -2.48. The van der Waals surface area contributed by atoms with E-state index in [2.05, 4.69) is 15.1 Å². The van der Waals surface area contributed by atoms with Crippen LogP contribution >= 0.6 is 0 Å². The molecule has 0 bridgehead atoms. The van der Waals surface area contributed by atoms with E-state index >= 15 is 0 Å². The first-order chi connectivity index (χ1) is 12.0. The van der Waals surface area contributed by atoms with E-state index in [1.165, 1.54) is 6.07 Å². The van der Waals surface area contributed by atoms with Crippen LogP contribution in [0.2, 0.25) is 0 Å². The van der Waals surface area contributed by atoms with Crippen LogP contribution in [-0.4, -0.2) is 45.7 Å². The van der Waals surface area contributed by atoms with E-state index in [0.717, 1.165) is 17.0 Å². The van der Waals surface area contributed by atoms with E-state index in [4.69, 9.17) is 9.26 Å². The average molecular weight is 346 g/mol. The zero-order valence-corrected chi connectivity index (χ0v) is 14.7. The Morgan fingerprint density at radius 1 is 1.40 bits per heavy atom. The van der Waals surface area contributed by atoms with E-state index in [1.54, 1.807) is 11.8 Å². The van der Waals surface area contributed by atoms with Crippen LogP contribution in [0.3, 0.4) is 0 Å². The quantitative estimate of drug-likeness (QED) is 0.893. The largest absolute Gasteiger partial charge is 0.377 e. The second kappa shape index (κ2) is 7.18. The number of hydrogen-bond acceptors (Lipinski definition) is 6. The first-order valence-corrected chi connectivity index (χ1v) is 8.32. The summed E-state index contributed by atoms with van der Waals surface area (Å²) in [5.74, 6) is 1.28. The van der Waals surface area contributed by atoms with Crippen molar-refractivity contribution in [1.29, 1.82) is 0 Å². The zero-order valence-electron chi connectivity index (χ0n) is 14.7. The summed E-state index contributed by atoms with van der Waals surface area (Å²) in [5, 5.41) is 3.92. The van der Waals surface area contributed by atoms with Crippen molar-refractivity contribution in [2.24, 2.45) is 0 Å². The Labute approximate surface area is 145 Å². The smallest absolute Gasteiger partial charge is 0.251 e. The molecule has 0 saturated carbocycles. The molecule has 8 nitrogen and oxygen atoms in total. The van der Waals surface area contributed by atoms with Crippen molar-refractivity contribution >= 4 is 5.91 Å². The highest BCUT2D eigenvalue weighted by Gasteiger charge is 2.30. The molecule has 0 radical (unpaired) electrons. The van der Waals surface area contributed by atoms with Gasteiger partial charge in [0.15, 0.2) is 0 Å². The summed E-state index contributed by atoms with van der Waals surface area (Å²) in [4.78, 5) is 33.3. The van der Waals surface area contributed by atoms with Gasteiger partial charge in [-0.1, -0.05) is 5.16 Å². The van der Waals surface area contributed by atoms with E-state index in [-0.39, 0.29) is 17.5 Å². The van der Waals surface area contributed by atoms with Crippen LogP contribution in [0.4, 0.5) is 0 Å². The van der Waals surface area contributed by atoms with Crippen LogP contribution in [0.25, 0.3) is 0 Å². The lowest BCUT2D eigenvalue weighted by Crippen LogP contribution is -2.44. The summed E-state index contributed by atoms with van der Waals surface area (Å²) in [6.45, 7) is 6.75. The normalized spacial score (nSPS) is 17.7. The van der Waals surface area contributed by atoms with E-state index < -0.39 is 0 Å². The van der Waals surface area contributed by atoms with Gasteiger partial charge < -0.3 is 19.1 Å². The maximum absolute atomic E-state index is 12.8. The molecule has 0 unspecified atom stereocenters. The van der Waals surface area contributed by atoms with Gasteiger partial charge in [0.25, 0.3) is 5.56 Å². The van der Waals surface area contributed by atoms with Gasteiger partial charge in [-0.25, -0.2) is 4.98 Å². The molecule has 2 aromatic rings. The third kappa shape index (κ3) is 3.79. The van der Waals surface area contributed by atoms with Crippen molar-refractivity contribution in [3.05, 3.63) is 45.0 Å². The SMILES string of the molecule is Cc1nc([C@H]2COCCN2C(=O)CCc2c(C)noc2C)cc(=O)[nH]1. The number of ether oxygens (including phenoxy) is 1.